The molecule has 6 heteroatoms. The minimum atomic E-state index is -1.00. The SMILES string of the molecule is Cc1cccc(C(CC(C)N2CCN(C)CC2)(C(N)=O)c2ccc(Cl)cc2)n1. The number of amides is 1. The number of aromatic nitrogens is 1. The largest absolute Gasteiger partial charge is 0.369 e. The summed E-state index contributed by atoms with van der Waals surface area (Å²) in [4.78, 5) is 22.5. The first kappa shape index (κ1) is 20.8. The smallest absolute Gasteiger partial charge is 0.234 e. The standard InChI is InChI=1S/C22H29ClN4O/c1-16-5-4-6-20(25-16)22(21(24)28,18-7-9-19(23)10-8-18)15-17(2)27-13-11-26(3)12-14-27/h4-10,17H,11-15H2,1-3H3,(H2,24,28). The van der Waals surface area contributed by atoms with Crippen LogP contribution in [0.2, 0.25) is 5.02 Å². The first-order chi connectivity index (χ1) is 13.3. The molecule has 0 bridgehead atoms. The highest BCUT2D eigenvalue weighted by Gasteiger charge is 2.44. The monoisotopic (exact) mass is 400 g/mol. The lowest BCUT2D eigenvalue weighted by Gasteiger charge is -2.41. The minimum Gasteiger partial charge on any atom is -0.369 e. The summed E-state index contributed by atoms with van der Waals surface area (Å²) in [7, 11) is 2.14. The topological polar surface area (TPSA) is 62.5 Å². The number of piperazine rings is 1. The fraction of sp³-hybridized carbons (Fsp3) is 0.455. The summed E-state index contributed by atoms with van der Waals surface area (Å²) < 4.78 is 0. The van der Waals surface area contributed by atoms with Crippen molar-refractivity contribution in [2.75, 3.05) is 33.2 Å². The molecular formula is C22H29ClN4O. The Balaban J connectivity index is 2.04. The maximum absolute atomic E-state index is 13.0. The molecule has 0 aliphatic carbocycles. The second-order valence-electron chi connectivity index (χ2n) is 7.83. The van der Waals surface area contributed by atoms with Gasteiger partial charge in [0.25, 0.3) is 0 Å². The van der Waals surface area contributed by atoms with Crippen LogP contribution < -0.4 is 5.73 Å². The van der Waals surface area contributed by atoms with Crippen molar-refractivity contribution >= 4 is 17.5 Å². The maximum Gasteiger partial charge on any atom is 0.234 e. The number of benzene rings is 1. The molecule has 1 aromatic heterocycles. The van der Waals surface area contributed by atoms with Crippen molar-refractivity contribution < 1.29 is 4.79 Å². The first-order valence-corrected chi connectivity index (χ1v) is 10.1. The normalized spacial score (nSPS) is 19.1. The van der Waals surface area contributed by atoms with Gasteiger partial charge in [-0.1, -0.05) is 29.8 Å². The van der Waals surface area contributed by atoms with Crippen molar-refractivity contribution in [1.82, 2.24) is 14.8 Å². The number of hydrogen-bond acceptors (Lipinski definition) is 4. The number of aryl methyl sites for hydroxylation is 1. The Labute approximate surface area is 172 Å². The van der Waals surface area contributed by atoms with Gasteiger partial charge in [-0.15, -0.1) is 0 Å². The van der Waals surface area contributed by atoms with E-state index in [1.54, 1.807) is 0 Å². The molecule has 3 rings (SSSR count). The van der Waals surface area contributed by atoms with E-state index in [9.17, 15) is 4.79 Å². The summed E-state index contributed by atoms with van der Waals surface area (Å²) in [5, 5.41) is 0.631. The Morgan fingerprint density at radius 2 is 1.82 bits per heavy atom. The molecule has 1 aliphatic rings. The predicted octanol–water partition coefficient (Wildman–Crippen LogP) is 2.84. The maximum atomic E-state index is 13.0. The van der Waals surface area contributed by atoms with Crippen molar-refractivity contribution in [3.8, 4) is 0 Å². The molecule has 2 atom stereocenters. The molecule has 2 heterocycles. The Morgan fingerprint density at radius 1 is 1.18 bits per heavy atom. The van der Waals surface area contributed by atoms with Gasteiger partial charge in [0.15, 0.2) is 0 Å². The van der Waals surface area contributed by atoms with Crippen molar-refractivity contribution in [2.45, 2.75) is 31.7 Å². The second kappa shape index (κ2) is 8.60. The van der Waals surface area contributed by atoms with Crippen LogP contribution in [0.4, 0.5) is 0 Å². The molecule has 2 N–H and O–H groups in total. The first-order valence-electron chi connectivity index (χ1n) is 9.75. The van der Waals surface area contributed by atoms with Gasteiger partial charge in [0.1, 0.15) is 5.41 Å². The number of likely N-dealkylation sites (N-methyl/N-ethyl adjacent to an activating group) is 1. The molecule has 1 saturated heterocycles. The number of hydrogen-bond donors (Lipinski definition) is 1. The summed E-state index contributed by atoms with van der Waals surface area (Å²) in [6.07, 6.45) is 0.574. The molecule has 28 heavy (non-hydrogen) atoms. The van der Waals surface area contributed by atoms with E-state index in [-0.39, 0.29) is 11.9 Å². The van der Waals surface area contributed by atoms with Gasteiger partial charge in [0, 0.05) is 42.9 Å². The molecule has 5 nitrogen and oxygen atoms in total. The van der Waals surface area contributed by atoms with Crippen LogP contribution >= 0.6 is 11.6 Å². The Bertz CT molecular complexity index is 818. The summed E-state index contributed by atoms with van der Waals surface area (Å²) in [5.41, 5.74) is 7.48. The zero-order valence-corrected chi connectivity index (χ0v) is 17.6. The average Bonchev–Trinajstić information content (AvgIpc) is 2.67. The number of nitrogens with zero attached hydrogens (tertiary/aromatic N) is 3. The lowest BCUT2D eigenvalue weighted by Crippen LogP contribution is -2.52. The molecular weight excluding hydrogens is 372 g/mol. The minimum absolute atomic E-state index is 0.180. The predicted molar refractivity (Wildman–Crippen MR) is 114 cm³/mol. The quantitative estimate of drug-likeness (QED) is 0.809. The van der Waals surface area contributed by atoms with Crippen molar-refractivity contribution in [1.29, 1.82) is 0 Å². The number of rotatable bonds is 6. The van der Waals surface area contributed by atoms with E-state index < -0.39 is 5.41 Å². The van der Waals surface area contributed by atoms with E-state index >= 15 is 0 Å². The Kier molecular flexibility index (Phi) is 6.38. The molecule has 0 radical (unpaired) electrons. The third kappa shape index (κ3) is 4.22. The van der Waals surface area contributed by atoms with Crippen molar-refractivity contribution in [2.24, 2.45) is 5.73 Å². The lowest BCUT2D eigenvalue weighted by atomic mass is 9.71. The highest BCUT2D eigenvalue weighted by molar-refractivity contribution is 6.30. The van der Waals surface area contributed by atoms with Crippen LogP contribution in [-0.2, 0) is 10.2 Å². The van der Waals surface area contributed by atoms with Crippen LogP contribution in [-0.4, -0.2) is 60.0 Å². The third-order valence-corrected chi connectivity index (χ3v) is 6.10. The Hall–Kier alpha value is -1.95. The number of primary amides is 1. The van der Waals surface area contributed by atoms with Crippen molar-refractivity contribution in [3.05, 3.63) is 64.4 Å². The molecule has 0 saturated carbocycles. The molecule has 2 unspecified atom stereocenters. The van der Waals surface area contributed by atoms with Gasteiger partial charge in [-0.2, -0.15) is 0 Å². The van der Waals surface area contributed by atoms with E-state index in [2.05, 4.69) is 23.8 Å². The molecule has 150 valence electrons. The van der Waals surface area contributed by atoms with Gasteiger partial charge >= 0.3 is 0 Å². The molecule has 2 aromatic rings. The van der Waals surface area contributed by atoms with Gasteiger partial charge in [-0.25, -0.2) is 0 Å². The second-order valence-corrected chi connectivity index (χ2v) is 8.27. The van der Waals surface area contributed by atoms with E-state index in [0.717, 1.165) is 37.4 Å². The van der Waals surface area contributed by atoms with Gasteiger partial charge in [0.2, 0.25) is 5.91 Å². The van der Waals surface area contributed by atoms with Gasteiger partial charge < -0.3 is 10.6 Å². The van der Waals surface area contributed by atoms with E-state index in [1.165, 1.54) is 0 Å². The number of halogens is 1. The Morgan fingerprint density at radius 3 is 2.39 bits per heavy atom. The van der Waals surface area contributed by atoms with E-state index in [0.29, 0.717) is 17.1 Å². The van der Waals surface area contributed by atoms with Gasteiger partial charge in [-0.05, 0) is 57.1 Å². The van der Waals surface area contributed by atoms with E-state index in [4.69, 9.17) is 22.3 Å². The van der Waals surface area contributed by atoms with Crippen LogP contribution in [0.3, 0.4) is 0 Å². The average molecular weight is 401 g/mol. The highest BCUT2D eigenvalue weighted by atomic mass is 35.5. The van der Waals surface area contributed by atoms with Crippen LogP contribution in [0, 0.1) is 6.92 Å². The third-order valence-electron chi connectivity index (χ3n) is 5.85. The van der Waals surface area contributed by atoms with Crippen molar-refractivity contribution in [3.63, 3.8) is 0 Å². The van der Waals surface area contributed by atoms with Crippen LogP contribution in [0.1, 0.15) is 30.3 Å². The zero-order valence-electron chi connectivity index (χ0n) is 16.9. The van der Waals surface area contributed by atoms with Gasteiger partial charge in [-0.3, -0.25) is 14.7 Å². The number of pyridine rings is 1. The lowest BCUT2D eigenvalue weighted by molar-refractivity contribution is -0.123. The van der Waals surface area contributed by atoms with Gasteiger partial charge in [0.05, 0.1) is 5.69 Å². The fourth-order valence-corrected chi connectivity index (χ4v) is 4.22. The molecule has 1 fully saturated rings. The molecule has 0 spiro atoms. The summed E-state index contributed by atoms with van der Waals surface area (Å²) in [6, 6.07) is 13.4. The molecule has 1 amide bonds. The number of nitrogens with two attached hydrogens (primary N) is 1. The fourth-order valence-electron chi connectivity index (χ4n) is 4.09. The number of carbonyl (C=O) groups excluding carboxylic acids is 1. The van der Waals surface area contributed by atoms with Crippen LogP contribution in [0.15, 0.2) is 42.5 Å². The zero-order chi connectivity index (χ0) is 20.3. The molecule has 1 aromatic carbocycles. The summed E-state index contributed by atoms with van der Waals surface area (Å²) in [6.45, 7) is 8.12. The molecule has 1 aliphatic heterocycles. The summed E-state index contributed by atoms with van der Waals surface area (Å²) in [5.74, 6) is -0.381. The number of carbonyl (C=O) groups is 1. The van der Waals surface area contributed by atoms with Crippen LogP contribution in [0.25, 0.3) is 0 Å². The highest BCUT2D eigenvalue weighted by Crippen LogP contribution is 2.37. The summed E-state index contributed by atoms with van der Waals surface area (Å²) >= 11 is 6.11. The van der Waals surface area contributed by atoms with Crippen LogP contribution in [0.5, 0.6) is 0 Å². The van der Waals surface area contributed by atoms with E-state index in [1.807, 2.05) is 49.4 Å².